The standard InChI is InChI=1S/C15H28N4O/c16-19-18-13-7-11-15(20)17-12-5-3-1-2-4-8-14-9-6-10-14/h14H,1-13H2,(H,17,20). The number of carbonyl (C=O) groups excluding carboxylic acids is 1. The molecule has 20 heavy (non-hydrogen) atoms. The van der Waals surface area contributed by atoms with Crippen molar-refractivity contribution in [2.75, 3.05) is 13.1 Å². The molecule has 1 aliphatic carbocycles. The molecule has 0 atom stereocenters. The van der Waals surface area contributed by atoms with Crippen molar-refractivity contribution in [1.82, 2.24) is 5.32 Å². The maximum Gasteiger partial charge on any atom is 0.219 e. The van der Waals surface area contributed by atoms with E-state index in [1.807, 2.05) is 0 Å². The summed E-state index contributed by atoms with van der Waals surface area (Å²) < 4.78 is 0. The van der Waals surface area contributed by atoms with Gasteiger partial charge in [-0.25, -0.2) is 0 Å². The maximum absolute atomic E-state index is 11.4. The van der Waals surface area contributed by atoms with Gasteiger partial charge in [0, 0.05) is 24.4 Å². The van der Waals surface area contributed by atoms with E-state index >= 15 is 0 Å². The van der Waals surface area contributed by atoms with E-state index < -0.39 is 0 Å². The summed E-state index contributed by atoms with van der Waals surface area (Å²) in [4.78, 5) is 14.1. The first-order valence-electron chi connectivity index (χ1n) is 8.10. The third kappa shape index (κ3) is 8.81. The minimum atomic E-state index is 0.0723. The molecule has 0 heterocycles. The van der Waals surface area contributed by atoms with Gasteiger partial charge in [0.1, 0.15) is 0 Å². The van der Waals surface area contributed by atoms with Gasteiger partial charge in [-0.3, -0.25) is 4.79 Å². The molecule has 0 saturated heterocycles. The van der Waals surface area contributed by atoms with Gasteiger partial charge in [0.15, 0.2) is 0 Å². The summed E-state index contributed by atoms with van der Waals surface area (Å²) in [5, 5.41) is 6.32. The summed E-state index contributed by atoms with van der Waals surface area (Å²) in [5.41, 5.74) is 8.10. The van der Waals surface area contributed by atoms with Crippen molar-refractivity contribution in [2.45, 2.75) is 70.6 Å². The van der Waals surface area contributed by atoms with Crippen molar-refractivity contribution in [3.8, 4) is 0 Å². The van der Waals surface area contributed by atoms with Gasteiger partial charge in [0.25, 0.3) is 0 Å². The first-order valence-corrected chi connectivity index (χ1v) is 8.10. The van der Waals surface area contributed by atoms with E-state index in [0.717, 1.165) is 18.9 Å². The van der Waals surface area contributed by atoms with E-state index in [0.29, 0.717) is 19.4 Å². The van der Waals surface area contributed by atoms with E-state index in [2.05, 4.69) is 15.3 Å². The highest BCUT2D eigenvalue weighted by Crippen LogP contribution is 2.31. The van der Waals surface area contributed by atoms with Crippen LogP contribution >= 0.6 is 0 Å². The predicted molar refractivity (Wildman–Crippen MR) is 81.3 cm³/mol. The summed E-state index contributed by atoms with van der Waals surface area (Å²) in [7, 11) is 0. The topological polar surface area (TPSA) is 77.9 Å². The average molecular weight is 280 g/mol. The Morgan fingerprint density at radius 1 is 1.15 bits per heavy atom. The molecule has 0 aromatic rings. The molecule has 5 heteroatoms. The number of hydrogen-bond acceptors (Lipinski definition) is 2. The molecule has 0 aliphatic heterocycles. The fourth-order valence-corrected chi connectivity index (χ4v) is 2.54. The largest absolute Gasteiger partial charge is 0.356 e. The van der Waals surface area contributed by atoms with Gasteiger partial charge in [-0.05, 0) is 24.3 Å². The second-order valence-electron chi connectivity index (χ2n) is 5.76. The number of carbonyl (C=O) groups is 1. The molecule has 0 unspecified atom stereocenters. The summed E-state index contributed by atoms with van der Waals surface area (Å²) >= 11 is 0. The van der Waals surface area contributed by atoms with Crippen molar-refractivity contribution in [1.29, 1.82) is 0 Å². The molecule has 1 rings (SSSR count). The quantitative estimate of drug-likeness (QED) is 0.245. The van der Waals surface area contributed by atoms with Crippen LogP contribution in [-0.2, 0) is 4.79 Å². The highest BCUT2D eigenvalue weighted by atomic mass is 16.1. The first kappa shape index (κ1) is 16.8. The van der Waals surface area contributed by atoms with Crippen LogP contribution in [0.2, 0.25) is 0 Å². The Morgan fingerprint density at radius 3 is 2.60 bits per heavy atom. The zero-order chi connectivity index (χ0) is 14.5. The van der Waals surface area contributed by atoms with E-state index in [-0.39, 0.29) is 5.91 Å². The summed E-state index contributed by atoms with van der Waals surface area (Å²) in [6, 6.07) is 0. The van der Waals surface area contributed by atoms with Crippen molar-refractivity contribution >= 4 is 5.91 Å². The minimum Gasteiger partial charge on any atom is -0.356 e. The van der Waals surface area contributed by atoms with Gasteiger partial charge in [0.2, 0.25) is 5.91 Å². The SMILES string of the molecule is [N-]=[N+]=NCCCC(=O)NCCCCCCCC1CCC1. The highest BCUT2D eigenvalue weighted by Gasteiger charge is 2.15. The molecule has 1 saturated carbocycles. The van der Waals surface area contributed by atoms with Crippen LogP contribution in [0.15, 0.2) is 5.11 Å². The van der Waals surface area contributed by atoms with E-state index in [9.17, 15) is 4.79 Å². The lowest BCUT2D eigenvalue weighted by Gasteiger charge is -2.24. The molecule has 0 aromatic carbocycles. The molecule has 5 nitrogen and oxygen atoms in total. The fraction of sp³-hybridized carbons (Fsp3) is 0.933. The van der Waals surface area contributed by atoms with Crippen LogP contribution in [0.4, 0.5) is 0 Å². The van der Waals surface area contributed by atoms with Crippen LogP contribution in [-0.4, -0.2) is 19.0 Å². The van der Waals surface area contributed by atoms with Crippen molar-refractivity contribution in [2.24, 2.45) is 11.0 Å². The number of nitrogens with zero attached hydrogens (tertiary/aromatic N) is 3. The number of nitrogens with one attached hydrogen (secondary N) is 1. The number of unbranched alkanes of at least 4 members (excludes halogenated alkanes) is 4. The van der Waals surface area contributed by atoms with Crippen LogP contribution in [0, 0.1) is 5.92 Å². The monoisotopic (exact) mass is 280 g/mol. The predicted octanol–water partition coefficient (Wildman–Crippen LogP) is 4.33. The molecule has 0 aromatic heterocycles. The lowest BCUT2D eigenvalue weighted by atomic mass is 9.82. The molecule has 1 fully saturated rings. The minimum absolute atomic E-state index is 0.0723. The van der Waals surface area contributed by atoms with Crippen LogP contribution in [0.3, 0.4) is 0 Å². The summed E-state index contributed by atoms with van der Waals surface area (Å²) in [6.45, 7) is 1.19. The Balaban J connectivity index is 1.76. The van der Waals surface area contributed by atoms with Gasteiger partial charge in [-0.2, -0.15) is 0 Å². The normalized spacial score (nSPS) is 14.4. The van der Waals surface area contributed by atoms with Crippen LogP contribution < -0.4 is 5.32 Å². The smallest absolute Gasteiger partial charge is 0.219 e. The molecule has 0 radical (unpaired) electrons. The van der Waals surface area contributed by atoms with Crippen molar-refractivity contribution in [3.05, 3.63) is 10.4 Å². The Hall–Kier alpha value is -1.22. The first-order chi connectivity index (χ1) is 9.83. The van der Waals surface area contributed by atoms with Gasteiger partial charge < -0.3 is 5.32 Å². The Kier molecular flexibility index (Phi) is 9.76. The molecule has 1 amide bonds. The molecule has 1 N–H and O–H groups in total. The number of hydrogen-bond donors (Lipinski definition) is 1. The molecule has 0 spiro atoms. The average Bonchev–Trinajstić information content (AvgIpc) is 2.40. The van der Waals surface area contributed by atoms with Crippen LogP contribution in [0.25, 0.3) is 10.4 Å². The Labute approximate surface area is 122 Å². The van der Waals surface area contributed by atoms with Crippen molar-refractivity contribution in [3.63, 3.8) is 0 Å². The highest BCUT2D eigenvalue weighted by molar-refractivity contribution is 5.75. The Bertz CT molecular complexity index is 309. The van der Waals surface area contributed by atoms with Gasteiger partial charge in [0.05, 0.1) is 0 Å². The second-order valence-corrected chi connectivity index (χ2v) is 5.76. The summed E-state index contributed by atoms with van der Waals surface area (Å²) in [6.07, 6.45) is 13.2. The summed E-state index contributed by atoms with van der Waals surface area (Å²) in [5.74, 6) is 1.11. The third-order valence-corrected chi connectivity index (χ3v) is 4.06. The molecule has 0 bridgehead atoms. The molecule has 1 aliphatic rings. The van der Waals surface area contributed by atoms with Crippen molar-refractivity contribution < 1.29 is 4.79 Å². The molecular weight excluding hydrogens is 252 g/mol. The number of rotatable bonds is 12. The molecule has 114 valence electrons. The zero-order valence-electron chi connectivity index (χ0n) is 12.5. The van der Waals surface area contributed by atoms with Gasteiger partial charge in [-0.1, -0.05) is 56.5 Å². The molecular formula is C15H28N4O. The number of amides is 1. The van der Waals surface area contributed by atoms with Gasteiger partial charge in [-0.15, -0.1) is 0 Å². The third-order valence-electron chi connectivity index (χ3n) is 4.06. The lowest BCUT2D eigenvalue weighted by Crippen LogP contribution is -2.24. The van der Waals surface area contributed by atoms with E-state index in [1.54, 1.807) is 0 Å². The fourth-order valence-electron chi connectivity index (χ4n) is 2.54. The van der Waals surface area contributed by atoms with E-state index in [1.165, 1.54) is 51.4 Å². The van der Waals surface area contributed by atoms with Gasteiger partial charge >= 0.3 is 0 Å². The second kappa shape index (κ2) is 11.6. The zero-order valence-corrected chi connectivity index (χ0v) is 12.5. The maximum atomic E-state index is 11.4. The number of azide groups is 1. The van der Waals surface area contributed by atoms with E-state index in [4.69, 9.17) is 5.53 Å². The van der Waals surface area contributed by atoms with Crippen LogP contribution in [0.1, 0.15) is 70.6 Å². The Morgan fingerprint density at radius 2 is 1.90 bits per heavy atom. The van der Waals surface area contributed by atoms with Crippen LogP contribution in [0.5, 0.6) is 0 Å². The lowest BCUT2D eigenvalue weighted by molar-refractivity contribution is -0.121.